The van der Waals surface area contributed by atoms with Gasteiger partial charge in [0.05, 0.1) is 12.0 Å². The summed E-state index contributed by atoms with van der Waals surface area (Å²) in [4.78, 5) is 25.4. The minimum Gasteiger partial charge on any atom is -0.474 e. The molecule has 4 rings (SSSR count). The van der Waals surface area contributed by atoms with E-state index in [-0.39, 0.29) is 23.5 Å². The predicted molar refractivity (Wildman–Crippen MR) is 124 cm³/mol. The Hall–Kier alpha value is -3.57. The van der Waals surface area contributed by atoms with Crippen molar-refractivity contribution in [2.24, 2.45) is 0 Å². The lowest BCUT2D eigenvalue weighted by Gasteiger charge is -2.12. The molecule has 0 saturated heterocycles. The number of aryl methyl sites for hydroxylation is 1. The van der Waals surface area contributed by atoms with Gasteiger partial charge in [0.2, 0.25) is 11.2 Å². The molecule has 32 heavy (non-hydrogen) atoms. The molecule has 0 unspecified atom stereocenters. The van der Waals surface area contributed by atoms with Crippen molar-refractivity contribution in [1.82, 2.24) is 0 Å². The lowest BCUT2D eigenvalue weighted by atomic mass is 10.1. The first-order chi connectivity index (χ1) is 15.5. The van der Waals surface area contributed by atoms with Crippen molar-refractivity contribution < 1.29 is 18.7 Å². The van der Waals surface area contributed by atoms with Crippen molar-refractivity contribution in [3.8, 4) is 17.1 Å². The number of ether oxygens (including phenoxy) is 2. The lowest BCUT2D eigenvalue weighted by molar-refractivity contribution is -0.145. The fourth-order valence-corrected chi connectivity index (χ4v) is 3.44. The Morgan fingerprint density at radius 3 is 2.50 bits per heavy atom. The number of carbonyl (C=O) groups is 1. The zero-order chi connectivity index (χ0) is 22.5. The molecule has 6 heteroatoms. The summed E-state index contributed by atoms with van der Waals surface area (Å²) < 4.78 is 16.9. The van der Waals surface area contributed by atoms with Crippen LogP contribution >= 0.6 is 11.6 Å². The fourth-order valence-electron chi connectivity index (χ4n) is 3.31. The molecule has 0 radical (unpaired) electrons. The Bertz CT molecular complexity index is 1290. The van der Waals surface area contributed by atoms with Gasteiger partial charge in [-0.05, 0) is 48.9 Å². The van der Waals surface area contributed by atoms with Gasteiger partial charge in [-0.15, -0.1) is 0 Å². The van der Waals surface area contributed by atoms with E-state index in [1.165, 1.54) is 0 Å². The van der Waals surface area contributed by atoms with Crippen LogP contribution in [0, 0.1) is 6.92 Å². The van der Waals surface area contributed by atoms with Gasteiger partial charge in [-0.25, -0.2) is 4.79 Å². The van der Waals surface area contributed by atoms with E-state index in [2.05, 4.69) is 0 Å². The standard InChI is InChI=1S/C26H21ClO5/c1-17-7-12-22-21(15-17)24(29)26(25(32-22)19-8-10-20(27)11-9-19)31-16-23(28)30-14-13-18-5-3-2-4-6-18/h2-12,15H,13-14,16H2,1H3. The van der Waals surface area contributed by atoms with Crippen molar-refractivity contribution >= 4 is 28.5 Å². The third kappa shape index (κ3) is 5.01. The molecule has 1 aromatic heterocycles. The molecule has 5 nitrogen and oxygen atoms in total. The Morgan fingerprint density at radius 1 is 1.00 bits per heavy atom. The molecule has 0 amide bonds. The van der Waals surface area contributed by atoms with Crippen LogP contribution in [0.4, 0.5) is 0 Å². The third-order valence-electron chi connectivity index (χ3n) is 4.94. The number of carbonyl (C=O) groups excluding carboxylic acids is 1. The number of hydrogen-bond donors (Lipinski definition) is 0. The lowest BCUT2D eigenvalue weighted by Crippen LogP contribution is -2.19. The smallest absolute Gasteiger partial charge is 0.344 e. The Labute approximate surface area is 190 Å². The molecular formula is C26H21ClO5. The van der Waals surface area contributed by atoms with Crippen LogP contribution in [0.15, 0.2) is 82.0 Å². The highest BCUT2D eigenvalue weighted by atomic mass is 35.5. The first kappa shape index (κ1) is 21.7. The topological polar surface area (TPSA) is 65.7 Å². The van der Waals surface area contributed by atoms with E-state index in [0.717, 1.165) is 11.1 Å². The Balaban J connectivity index is 1.56. The molecule has 0 N–H and O–H groups in total. The first-order valence-corrected chi connectivity index (χ1v) is 10.5. The van der Waals surface area contributed by atoms with Crippen LogP contribution in [0.3, 0.4) is 0 Å². The second-order valence-corrected chi connectivity index (χ2v) is 7.78. The maximum absolute atomic E-state index is 13.2. The number of halogens is 1. The number of hydrogen-bond acceptors (Lipinski definition) is 5. The molecular weight excluding hydrogens is 428 g/mol. The summed E-state index contributed by atoms with van der Waals surface area (Å²) in [5.74, 6) is -0.364. The molecule has 0 aliphatic rings. The van der Waals surface area contributed by atoms with Gasteiger partial charge in [0.15, 0.2) is 12.4 Å². The van der Waals surface area contributed by atoms with Gasteiger partial charge in [-0.2, -0.15) is 0 Å². The summed E-state index contributed by atoms with van der Waals surface area (Å²) in [6.45, 7) is 1.70. The zero-order valence-electron chi connectivity index (χ0n) is 17.5. The number of esters is 1. The number of benzene rings is 3. The minimum absolute atomic E-state index is 0.0366. The van der Waals surface area contributed by atoms with E-state index in [9.17, 15) is 9.59 Å². The van der Waals surface area contributed by atoms with Crippen LogP contribution in [0.5, 0.6) is 5.75 Å². The molecule has 0 saturated carbocycles. The van der Waals surface area contributed by atoms with E-state index in [4.69, 9.17) is 25.5 Å². The van der Waals surface area contributed by atoms with Crippen molar-refractivity contribution in [2.45, 2.75) is 13.3 Å². The zero-order valence-corrected chi connectivity index (χ0v) is 18.2. The average Bonchev–Trinajstić information content (AvgIpc) is 2.80. The molecule has 0 atom stereocenters. The van der Waals surface area contributed by atoms with E-state index in [1.807, 2.05) is 43.3 Å². The van der Waals surface area contributed by atoms with Crippen LogP contribution < -0.4 is 10.2 Å². The molecule has 0 spiro atoms. The highest BCUT2D eigenvalue weighted by Crippen LogP contribution is 2.32. The van der Waals surface area contributed by atoms with Gasteiger partial charge in [0.1, 0.15) is 5.58 Å². The third-order valence-corrected chi connectivity index (χ3v) is 5.19. The minimum atomic E-state index is -0.563. The van der Waals surface area contributed by atoms with Gasteiger partial charge in [0, 0.05) is 17.0 Å². The Morgan fingerprint density at radius 2 is 1.75 bits per heavy atom. The summed E-state index contributed by atoms with van der Waals surface area (Å²) in [6.07, 6.45) is 0.597. The summed E-state index contributed by atoms with van der Waals surface area (Å²) in [7, 11) is 0. The van der Waals surface area contributed by atoms with E-state index < -0.39 is 12.6 Å². The first-order valence-electron chi connectivity index (χ1n) is 10.2. The van der Waals surface area contributed by atoms with Crippen molar-refractivity contribution in [3.05, 3.63) is 99.2 Å². The molecule has 0 bridgehead atoms. The number of rotatable bonds is 7. The summed E-state index contributed by atoms with van der Waals surface area (Å²) in [5.41, 5.74) is 2.67. The SMILES string of the molecule is Cc1ccc2oc(-c3ccc(Cl)cc3)c(OCC(=O)OCCc3ccccc3)c(=O)c2c1. The predicted octanol–water partition coefficient (Wildman–Crippen LogP) is 5.59. The summed E-state index contributed by atoms with van der Waals surface area (Å²) in [5, 5.41) is 0.937. The monoisotopic (exact) mass is 448 g/mol. The molecule has 0 fully saturated rings. The van der Waals surface area contributed by atoms with Crippen LogP contribution in [-0.4, -0.2) is 19.2 Å². The van der Waals surface area contributed by atoms with Gasteiger partial charge < -0.3 is 13.9 Å². The Kier molecular flexibility index (Phi) is 6.57. The van der Waals surface area contributed by atoms with Gasteiger partial charge in [-0.3, -0.25) is 4.79 Å². The van der Waals surface area contributed by atoms with Gasteiger partial charge in [-0.1, -0.05) is 53.6 Å². The molecule has 4 aromatic rings. The van der Waals surface area contributed by atoms with Crippen LogP contribution in [-0.2, 0) is 16.0 Å². The van der Waals surface area contributed by atoms with Gasteiger partial charge in [0.25, 0.3) is 0 Å². The van der Waals surface area contributed by atoms with E-state index in [0.29, 0.717) is 28.0 Å². The molecule has 3 aromatic carbocycles. The van der Waals surface area contributed by atoms with Crippen molar-refractivity contribution in [2.75, 3.05) is 13.2 Å². The molecule has 0 aliphatic heterocycles. The maximum atomic E-state index is 13.2. The summed E-state index contributed by atoms with van der Waals surface area (Å²) in [6, 6.07) is 21.9. The van der Waals surface area contributed by atoms with Crippen LogP contribution in [0.25, 0.3) is 22.3 Å². The average molecular weight is 449 g/mol. The van der Waals surface area contributed by atoms with E-state index >= 15 is 0 Å². The van der Waals surface area contributed by atoms with Crippen LogP contribution in [0.2, 0.25) is 5.02 Å². The van der Waals surface area contributed by atoms with E-state index in [1.54, 1.807) is 36.4 Å². The highest BCUT2D eigenvalue weighted by molar-refractivity contribution is 6.30. The maximum Gasteiger partial charge on any atom is 0.344 e. The second kappa shape index (κ2) is 9.71. The quantitative estimate of drug-likeness (QED) is 0.345. The molecule has 1 heterocycles. The molecule has 0 aliphatic carbocycles. The van der Waals surface area contributed by atoms with Gasteiger partial charge >= 0.3 is 5.97 Å². The van der Waals surface area contributed by atoms with Crippen molar-refractivity contribution in [3.63, 3.8) is 0 Å². The second-order valence-electron chi connectivity index (χ2n) is 7.34. The van der Waals surface area contributed by atoms with Crippen molar-refractivity contribution in [1.29, 1.82) is 0 Å². The van der Waals surface area contributed by atoms with Crippen LogP contribution in [0.1, 0.15) is 11.1 Å². The summed E-state index contributed by atoms with van der Waals surface area (Å²) >= 11 is 5.99. The normalized spacial score (nSPS) is 10.8. The fraction of sp³-hybridized carbons (Fsp3) is 0.154. The molecule has 162 valence electrons. The highest BCUT2D eigenvalue weighted by Gasteiger charge is 2.19. The largest absolute Gasteiger partial charge is 0.474 e. The number of fused-ring (bicyclic) bond motifs is 1.